The van der Waals surface area contributed by atoms with Gasteiger partial charge in [-0.15, -0.1) is 10.2 Å². The Balaban J connectivity index is 2.00. The molecule has 0 bridgehead atoms. The Labute approximate surface area is 179 Å². The number of nitrogens with zero attached hydrogens (tertiary/aromatic N) is 3. The predicted molar refractivity (Wildman–Crippen MR) is 119 cm³/mol. The Morgan fingerprint density at radius 2 is 1.63 bits per heavy atom. The smallest absolute Gasteiger partial charge is 0.243 e. The molecule has 30 heavy (non-hydrogen) atoms. The van der Waals surface area contributed by atoms with E-state index in [4.69, 9.17) is 4.74 Å². The molecule has 0 amide bonds. The zero-order chi connectivity index (χ0) is 21.5. The van der Waals surface area contributed by atoms with E-state index in [-0.39, 0.29) is 0 Å². The largest absolute Gasteiger partial charge is 0.612 e. The van der Waals surface area contributed by atoms with Crippen LogP contribution >= 0.6 is 0 Å². The summed E-state index contributed by atoms with van der Waals surface area (Å²) < 4.78 is 17.2. The molecule has 8 heteroatoms. The van der Waals surface area contributed by atoms with Crippen LogP contribution in [-0.2, 0) is 11.2 Å². The second kappa shape index (κ2) is 10.4. The highest BCUT2D eigenvalue weighted by Crippen LogP contribution is 2.30. The number of ether oxygens (including phenoxy) is 1. The summed E-state index contributed by atoms with van der Waals surface area (Å²) in [6.07, 6.45) is 1.79. The highest BCUT2D eigenvalue weighted by atomic mass is 32.2. The van der Waals surface area contributed by atoms with Crippen molar-refractivity contribution in [3.05, 3.63) is 48.5 Å². The Hall–Kier alpha value is -2.68. The van der Waals surface area contributed by atoms with E-state index in [2.05, 4.69) is 20.5 Å². The third-order valence-corrected chi connectivity index (χ3v) is 5.49. The molecule has 2 unspecified atom stereocenters. The second-order valence-corrected chi connectivity index (χ2v) is 8.09. The fraction of sp³-hybridized carbons (Fsp3) is 0.318. The molecule has 0 aliphatic heterocycles. The second-order valence-electron chi connectivity index (χ2n) is 6.71. The Bertz CT molecular complexity index is 950. The summed E-state index contributed by atoms with van der Waals surface area (Å²) in [7, 11) is 0. The zero-order valence-electron chi connectivity index (χ0n) is 17.3. The maximum atomic E-state index is 11.7. The molecule has 3 rings (SSSR count). The van der Waals surface area contributed by atoms with Crippen molar-refractivity contribution in [2.45, 2.75) is 31.3 Å². The summed E-state index contributed by atoms with van der Waals surface area (Å²) in [6, 6.07) is 15.0. The van der Waals surface area contributed by atoms with Crippen LogP contribution in [0.1, 0.15) is 20.3 Å². The summed E-state index contributed by atoms with van der Waals surface area (Å²) in [5.41, 5.74) is 2.97. The van der Waals surface area contributed by atoms with Gasteiger partial charge in [-0.2, -0.15) is 0 Å². The lowest BCUT2D eigenvalue weighted by molar-refractivity contribution is 0.183. The Morgan fingerprint density at radius 3 is 2.23 bits per heavy atom. The molecular formula is C22H26N4O3S. The molecule has 2 atom stereocenters. The van der Waals surface area contributed by atoms with Gasteiger partial charge in [-0.1, -0.05) is 6.92 Å². The van der Waals surface area contributed by atoms with Gasteiger partial charge in [0.15, 0.2) is 4.90 Å². The molecule has 3 aromatic rings. The third kappa shape index (κ3) is 5.47. The van der Waals surface area contributed by atoms with Crippen LogP contribution in [0.3, 0.4) is 0 Å². The average Bonchev–Trinajstić information content (AvgIpc) is 2.78. The van der Waals surface area contributed by atoms with Crippen molar-refractivity contribution in [1.82, 2.24) is 15.2 Å². The van der Waals surface area contributed by atoms with Gasteiger partial charge in [-0.3, -0.25) is 0 Å². The van der Waals surface area contributed by atoms with Crippen molar-refractivity contribution in [1.29, 1.82) is 0 Å². The fourth-order valence-corrected chi connectivity index (χ4v) is 3.35. The van der Waals surface area contributed by atoms with Gasteiger partial charge in [0.25, 0.3) is 0 Å². The summed E-state index contributed by atoms with van der Waals surface area (Å²) >= 11 is -1.06. The number of hydrogen-bond donors (Lipinski definition) is 2. The molecule has 1 aromatic heterocycles. The van der Waals surface area contributed by atoms with E-state index in [9.17, 15) is 9.66 Å². The first-order chi connectivity index (χ1) is 14.5. The summed E-state index contributed by atoms with van der Waals surface area (Å²) in [5, 5.41) is 21.4. The molecule has 0 spiro atoms. The van der Waals surface area contributed by atoms with Gasteiger partial charge < -0.3 is 19.7 Å². The van der Waals surface area contributed by atoms with E-state index in [1.54, 1.807) is 6.26 Å². The number of benzene rings is 2. The van der Waals surface area contributed by atoms with E-state index in [1.165, 1.54) is 0 Å². The molecule has 0 radical (unpaired) electrons. The lowest BCUT2D eigenvalue weighted by Gasteiger charge is -2.13. The van der Waals surface area contributed by atoms with Gasteiger partial charge in [0.1, 0.15) is 23.4 Å². The van der Waals surface area contributed by atoms with Gasteiger partial charge in [-0.25, -0.2) is 4.98 Å². The minimum absolute atomic E-state index is 0.341. The van der Waals surface area contributed by atoms with Crippen LogP contribution in [0.2, 0.25) is 0 Å². The maximum absolute atomic E-state index is 11.7. The van der Waals surface area contributed by atoms with Gasteiger partial charge in [-0.05, 0) is 73.1 Å². The number of aromatic nitrogens is 3. The lowest BCUT2D eigenvalue weighted by Crippen LogP contribution is -2.20. The normalized spacial score (nSPS) is 13.0. The first-order valence-corrected chi connectivity index (χ1v) is 11.4. The number of nitrogens with one attached hydrogen (secondary N) is 1. The van der Waals surface area contributed by atoms with Crippen LogP contribution in [0, 0.1) is 0 Å². The van der Waals surface area contributed by atoms with Gasteiger partial charge in [0.2, 0.25) is 5.95 Å². The van der Waals surface area contributed by atoms with Crippen LogP contribution < -0.4 is 10.1 Å². The van der Waals surface area contributed by atoms with E-state index in [0.717, 1.165) is 21.8 Å². The number of anilines is 1. The monoisotopic (exact) mass is 426 g/mol. The van der Waals surface area contributed by atoms with Crippen molar-refractivity contribution >= 4 is 17.1 Å². The number of aliphatic hydroxyl groups excluding tert-OH is 1. The average molecular weight is 427 g/mol. The molecule has 0 saturated heterocycles. The number of aliphatic hydroxyl groups is 1. The molecule has 7 nitrogen and oxygen atoms in total. The Kier molecular flexibility index (Phi) is 7.62. The first kappa shape index (κ1) is 22.0. The summed E-state index contributed by atoms with van der Waals surface area (Å²) in [4.78, 5) is 5.40. The molecule has 0 saturated carbocycles. The van der Waals surface area contributed by atoms with E-state index in [0.29, 0.717) is 36.9 Å². The number of rotatable bonds is 9. The maximum Gasteiger partial charge on any atom is 0.243 e. The van der Waals surface area contributed by atoms with Gasteiger partial charge in [0, 0.05) is 17.7 Å². The highest BCUT2D eigenvalue weighted by Gasteiger charge is 2.15. The molecule has 0 aliphatic rings. The zero-order valence-corrected chi connectivity index (χ0v) is 18.1. The molecule has 0 fully saturated rings. The summed E-state index contributed by atoms with van der Waals surface area (Å²) in [6.45, 7) is 4.79. The highest BCUT2D eigenvalue weighted by molar-refractivity contribution is 7.90. The topological polar surface area (TPSA) is 103 Å². The van der Waals surface area contributed by atoms with Crippen molar-refractivity contribution in [2.24, 2.45) is 0 Å². The molecule has 1 heterocycles. The van der Waals surface area contributed by atoms with Crippen molar-refractivity contribution < 1.29 is 14.4 Å². The first-order valence-electron chi connectivity index (χ1n) is 9.85. The number of hydrogen-bond acceptors (Lipinski definition) is 7. The third-order valence-electron chi connectivity index (χ3n) is 4.55. The van der Waals surface area contributed by atoms with Crippen LogP contribution in [0.15, 0.2) is 53.4 Å². The lowest BCUT2D eigenvalue weighted by atomic mass is 10.0. The molecule has 158 valence electrons. The minimum atomic E-state index is -1.06. The Morgan fingerprint density at radius 1 is 1.00 bits per heavy atom. The van der Waals surface area contributed by atoms with Crippen molar-refractivity contribution in [3.63, 3.8) is 0 Å². The van der Waals surface area contributed by atoms with E-state index >= 15 is 0 Å². The quantitative estimate of drug-likeness (QED) is 0.505. The van der Waals surface area contributed by atoms with Crippen LogP contribution in [-0.4, -0.2) is 50.4 Å². The van der Waals surface area contributed by atoms with Gasteiger partial charge >= 0.3 is 0 Å². The van der Waals surface area contributed by atoms with E-state index < -0.39 is 17.3 Å². The van der Waals surface area contributed by atoms with Gasteiger partial charge in [0.05, 0.1) is 12.7 Å². The van der Waals surface area contributed by atoms with Crippen molar-refractivity contribution in [2.75, 3.05) is 24.7 Å². The SMILES string of the molecule is CCOc1ccc(-c2nnc(NCC(O)CC)nc2-c2ccc([S+](C)[O-])cc2)cc1. The minimum Gasteiger partial charge on any atom is -0.612 e. The van der Waals surface area contributed by atoms with Crippen LogP contribution in [0.4, 0.5) is 5.95 Å². The van der Waals surface area contributed by atoms with Crippen LogP contribution in [0.5, 0.6) is 5.75 Å². The molecule has 0 aliphatic carbocycles. The van der Waals surface area contributed by atoms with E-state index in [1.807, 2.05) is 62.4 Å². The molecule has 2 aromatic carbocycles. The fourth-order valence-electron chi connectivity index (χ4n) is 2.83. The molecule has 2 N–H and O–H groups in total. The predicted octanol–water partition coefficient (Wildman–Crippen LogP) is 3.52. The van der Waals surface area contributed by atoms with Crippen molar-refractivity contribution in [3.8, 4) is 28.3 Å². The molecular weight excluding hydrogens is 400 g/mol. The standard InChI is InChI=1S/C22H26N4O3S/c1-4-17(27)14-23-22-24-20(15-8-12-19(13-9-15)30(3)28)21(25-26-22)16-6-10-18(11-7-16)29-5-2/h6-13,17,27H,4-5,14H2,1-3H3,(H,23,24,26). The van der Waals surface area contributed by atoms with Crippen LogP contribution in [0.25, 0.3) is 22.5 Å². The summed E-state index contributed by atoms with van der Waals surface area (Å²) in [5.74, 6) is 1.13.